The molecular weight excluding hydrogens is 414 g/mol. The Hall–Kier alpha value is -2.08. The van der Waals surface area contributed by atoms with Gasteiger partial charge >= 0.3 is 6.61 Å². The fourth-order valence-electron chi connectivity index (χ4n) is 2.59. The lowest BCUT2D eigenvalue weighted by molar-refractivity contribution is -0.0498. The first-order valence-corrected chi connectivity index (χ1v) is 10.6. The van der Waals surface area contributed by atoms with Gasteiger partial charge in [-0.2, -0.15) is 13.1 Å². The molecule has 1 saturated heterocycles. The Morgan fingerprint density at radius 1 is 1.25 bits per heavy atom. The minimum absolute atomic E-state index is 0.113. The van der Waals surface area contributed by atoms with E-state index in [-0.39, 0.29) is 22.1 Å². The molecule has 1 N–H and O–H groups in total. The van der Waals surface area contributed by atoms with E-state index in [0.717, 1.165) is 11.3 Å². The van der Waals surface area contributed by atoms with Crippen LogP contribution in [0.2, 0.25) is 0 Å². The Labute approximate surface area is 164 Å². The van der Waals surface area contributed by atoms with Gasteiger partial charge in [-0.05, 0) is 30.3 Å². The molecule has 2 aromatic rings. The maximum absolute atomic E-state index is 12.6. The monoisotopic (exact) mass is 432 g/mol. The Morgan fingerprint density at radius 3 is 2.71 bits per heavy atom. The SMILES string of the molecule is O=C(NCc1ccc(S(=O)(=O)N2CCOCC2)s1)c1cccc(OC(F)F)c1. The second-order valence-corrected chi connectivity index (χ2v) is 9.16. The molecule has 1 aromatic carbocycles. The number of rotatable bonds is 7. The Kier molecular flexibility index (Phi) is 6.60. The van der Waals surface area contributed by atoms with E-state index >= 15 is 0 Å². The summed E-state index contributed by atoms with van der Waals surface area (Å²) in [5.74, 6) is -0.594. The van der Waals surface area contributed by atoms with Crippen molar-refractivity contribution in [2.24, 2.45) is 0 Å². The van der Waals surface area contributed by atoms with E-state index in [4.69, 9.17) is 4.74 Å². The summed E-state index contributed by atoms with van der Waals surface area (Å²) < 4.78 is 60.8. The molecule has 1 amide bonds. The Balaban J connectivity index is 1.62. The number of nitrogens with zero attached hydrogens (tertiary/aromatic N) is 1. The summed E-state index contributed by atoms with van der Waals surface area (Å²) in [5.41, 5.74) is 0.163. The average Bonchev–Trinajstić information content (AvgIpc) is 3.16. The summed E-state index contributed by atoms with van der Waals surface area (Å²) >= 11 is 1.07. The number of amides is 1. The van der Waals surface area contributed by atoms with Crippen LogP contribution in [0.4, 0.5) is 8.78 Å². The largest absolute Gasteiger partial charge is 0.435 e. The lowest BCUT2D eigenvalue weighted by Crippen LogP contribution is -2.40. The summed E-state index contributed by atoms with van der Waals surface area (Å²) in [4.78, 5) is 12.9. The highest BCUT2D eigenvalue weighted by molar-refractivity contribution is 7.91. The van der Waals surface area contributed by atoms with Crippen LogP contribution in [0.15, 0.2) is 40.6 Å². The maximum atomic E-state index is 12.6. The van der Waals surface area contributed by atoms with Gasteiger partial charge in [0.15, 0.2) is 0 Å². The molecule has 7 nitrogen and oxygen atoms in total. The van der Waals surface area contributed by atoms with Crippen LogP contribution in [-0.2, 0) is 21.3 Å². The number of benzene rings is 1. The average molecular weight is 432 g/mol. The van der Waals surface area contributed by atoms with Gasteiger partial charge in [-0.25, -0.2) is 8.42 Å². The van der Waals surface area contributed by atoms with E-state index in [0.29, 0.717) is 31.2 Å². The highest BCUT2D eigenvalue weighted by Crippen LogP contribution is 2.25. The van der Waals surface area contributed by atoms with Gasteiger partial charge in [-0.1, -0.05) is 6.07 Å². The number of hydrogen-bond donors (Lipinski definition) is 1. The smallest absolute Gasteiger partial charge is 0.387 e. The number of morpholine rings is 1. The number of hydrogen-bond acceptors (Lipinski definition) is 6. The van der Waals surface area contributed by atoms with E-state index in [2.05, 4.69) is 10.1 Å². The van der Waals surface area contributed by atoms with Crippen LogP contribution in [0.5, 0.6) is 5.75 Å². The maximum Gasteiger partial charge on any atom is 0.387 e. The van der Waals surface area contributed by atoms with Crippen LogP contribution in [0.1, 0.15) is 15.2 Å². The van der Waals surface area contributed by atoms with Crippen molar-refractivity contribution in [3.63, 3.8) is 0 Å². The quantitative estimate of drug-likeness (QED) is 0.726. The molecule has 3 rings (SSSR count). The van der Waals surface area contributed by atoms with Crippen molar-refractivity contribution in [2.45, 2.75) is 17.4 Å². The van der Waals surface area contributed by atoms with Crippen molar-refractivity contribution in [2.75, 3.05) is 26.3 Å². The van der Waals surface area contributed by atoms with E-state index < -0.39 is 22.5 Å². The fraction of sp³-hybridized carbons (Fsp3) is 0.353. The first-order chi connectivity index (χ1) is 13.4. The standard InChI is InChI=1S/C17H18F2N2O5S2/c18-17(19)26-13-3-1-2-12(10-13)16(22)20-11-14-4-5-15(27-14)28(23,24)21-6-8-25-9-7-21/h1-5,10,17H,6-9,11H2,(H,20,22). The highest BCUT2D eigenvalue weighted by Gasteiger charge is 2.27. The first-order valence-electron chi connectivity index (χ1n) is 8.36. The molecule has 0 aliphatic carbocycles. The van der Waals surface area contributed by atoms with Gasteiger partial charge in [0.25, 0.3) is 15.9 Å². The van der Waals surface area contributed by atoms with Crippen molar-refractivity contribution < 1.29 is 31.5 Å². The first kappa shape index (κ1) is 20.6. The van der Waals surface area contributed by atoms with Crippen LogP contribution in [-0.4, -0.2) is 51.5 Å². The third-order valence-electron chi connectivity index (χ3n) is 3.95. The number of carbonyl (C=O) groups excluding carboxylic acids is 1. The summed E-state index contributed by atoms with van der Waals surface area (Å²) in [6.45, 7) is -1.52. The van der Waals surface area contributed by atoms with Crippen molar-refractivity contribution >= 4 is 27.3 Å². The molecule has 11 heteroatoms. The zero-order valence-corrected chi connectivity index (χ0v) is 16.3. The van der Waals surface area contributed by atoms with Crippen LogP contribution in [0, 0.1) is 0 Å². The number of alkyl halides is 2. The zero-order chi connectivity index (χ0) is 20.1. The third kappa shape index (κ3) is 5.04. The van der Waals surface area contributed by atoms with Crippen LogP contribution in [0.25, 0.3) is 0 Å². The van der Waals surface area contributed by atoms with Crippen molar-refractivity contribution in [1.82, 2.24) is 9.62 Å². The van der Waals surface area contributed by atoms with Gasteiger partial charge in [-0.3, -0.25) is 4.79 Å². The molecule has 1 aliphatic rings. The molecule has 0 saturated carbocycles. The molecule has 0 spiro atoms. The summed E-state index contributed by atoms with van der Waals surface area (Å²) in [7, 11) is -3.58. The Bertz CT molecular complexity index is 927. The molecule has 2 heterocycles. The number of sulfonamides is 1. The summed E-state index contributed by atoms with van der Waals surface area (Å²) in [5, 5.41) is 2.64. The lowest BCUT2D eigenvalue weighted by atomic mass is 10.2. The second-order valence-electron chi connectivity index (χ2n) is 5.83. The van der Waals surface area contributed by atoms with Crippen LogP contribution < -0.4 is 10.1 Å². The van der Waals surface area contributed by atoms with E-state index in [1.54, 1.807) is 6.07 Å². The van der Waals surface area contributed by atoms with E-state index in [1.807, 2.05) is 0 Å². The second kappa shape index (κ2) is 8.95. The van der Waals surface area contributed by atoms with E-state index in [1.165, 1.54) is 34.6 Å². The van der Waals surface area contributed by atoms with Crippen LogP contribution >= 0.6 is 11.3 Å². The third-order valence-corrected chi connectivity index (χ3v) is 7.40. The predicted octanol–water partition coefficient (Wildman–Crippen LogP) is 2.30. The molecule has 0 atom stereocenters. The van der Waals surface area contributed by atoms with Crippen LogP contribution in [0.3, 0.4) is 0 Å². The number of carbonyl (C=O) groups is 1. The van der Waals surface area contributed by atoms with Gasteiger partial charge in [-0.15, -0.1) is 11.3 Å². The molecular formula is C17H18F2N2O5S2. The minimum Gasteiger partial charge on any atom is -0.435 e. The van der Waals surface area contributed by atoms with Gasteiger partial charge < -0.3 is 14.8 Å². The number of halogens is 2. The highest BCUT2D eigenvalue weighted by atomic mass is 32.2. The van der Waals surface area contributed by atoms with Crippen molar-refractivity contribution in [3.05, 3.63) is 46.8 Å². The van der Waals surface area contributed by atoms with Crippen molar-refractivity contribution in [1.29, 1.82) is 0 Å². The van der Waals surface area contributed by atoms with E-state index in [9.17, 15) is 22.0 Å². The molecule has 0 radical (unpaired) electrons. The molecule has 1 fully saturated rings. The zero-order valence-electron chi connectivity index (χ0n) is 14.6. The minimum atomic E-state index is -3.58. The molecule has 152 valence electrons. The van der Waals surface area contributed by atoms with Gasteiger partial charge in [0, 0.05) is 23.5 Å². The number of thiophene rings is 1. The summed E-state index contributed by atoms with van der Waals surface area (Å²) in [6.07, 6.45) is 0. The normalized spacial score (nSPS) is 15.5. The predicted molar refractivity (Wildman–Crippen MR) is 98.1 cm³/mol. The molecule has 28 heavy (non-hydrogen) atoms. The number of nitrogens with one attached hydrogen (secondary N) is 1. The molecule has 1 aliphatic heterocycles. The van der Waals surface area contributed by atoms with Gasteiger partial charge in [0.05, 0.1) is 19.8 Å². The molecule has 0 unspecified atom stereocenters. The fourth-order valence-corrected chi connectivity index (χ4v) is 5.45. The molecule has 1 aromatic heterocycles. The summed E-state index contributed by atoms with van der Waals surface area (Å²) in [6, 6.07) is 8.58. The molecule has 0 bridgehead atoms. The topological polar surface area (TPSA) is 84.9 Å². The Morgan fingerprint density at radius 2 is 2.00 bits per heavy atom. The van der Waals surface area contributed by atoms with Gasteiger partial charge in [0.2, 0.25) is 0 Å². The van der Waals surface area contributed by atoms with Crippen molar-refractivity contribution in [3.8, 4) is 5.75 Å². The lowest BCUT2D eigenvalue weighted by Gasteiger charge is -2.25. The van der Waals surface area contributed by atoms with Gasteiger partial charge in [0.1, 0.15) is 9.96 Å². The number of ether oxygens (including phenoxy) is 2.